The predicted octanol–water partition coefficient (Wildman–Crippen LogP) is 3.46. The van der Waals surface area contributed by atoms with Crippen molar-refractivity contribution in [2.75, 3.05) is 32.2 Å². The average Bonchev–Trinajstić information content (AvgIpc) is 2.75. The van der Waals surface area contributed by atoms with Crippen molar-refractivity contribution in [2.24, 2.45) is 0 Å². The maximum atomic E-state index is 12.5. The van der Waals surface area contributed by atoms with Crippen LogP contribution >= 0.6 is 11.6 Å². The van der Waals surface area contributed by atoms with Crippen LogP contribution in [0.2, 0.25) is 5.02 Å². The smallest absolute Gasteiger partial charge is 0.313 e. The number of halogens is 1. The van der Waals surface area contributed by atoms with E-state index in [0.29, 0.717) is 30.5 Å². The van der Waals surface area contributed by atoms with Crippen molar-refractivity contribution in [2.45, 2.75) is 25.2 Å². The van der Waals surface area contributed by atoms with Gasteiger partial charge in [-0.2, -0.15) is 0 Å². The van der Waals surface area contributed by atoms with Gasteiger partial charge in [0, 0.05) is 35.9 Å². The monoisotopic (exact) mass is 416 g/mol. The summed E-state index contributed by atoms with van der Waals surface area (Å²) >= 11 is 5.98. The van der Waals surface area contributed by atoms with Gasteiger partial charge in [0.2, 0.25) is 0 Å². The third-order valence-electron chi connectivity index (χ3n) is 5.39. The molecule has 0 bridgehead atoms. The molecule has 0 aromatic heterocycles. The van der Waals surface area contributed by atoms with Gasteiger partial charge in [-0.1, -0.05) is 29.8 Å². The maximum absolute atomic E-state index is 12.5. The first-order valence-electron chi connectivity index (χ1n) is 9.51. The van der Waals surface area contributed by atoms with Crippen LogP contribution in [0.1, 0.15) is 24.0 Å². The van der Waals surface area contributed by atoms with E-state index in [9.17, 15) is 9.59 Å². The zero-order valence-corrected chi connectivity index (χ0v) is 17.3. The van der Waals surface area contributed by atoms with Crippen LogP contribution in [0.5, 0.6) is 5.75 Å². The summed E-state index contributed by atoms with van der Waals surface area (Å²) in [6.45, 7) is 3.40. The first-order valence-corrected chi connectivity index (χ1v) is 9.89. The number of rotatable bonds is 5. The topological polar surface area (TPSA) is 76.7 Å². The summed E-state index contributed by atoms with van der Waals surface area (Å²) in [5.41, 5.74) is 2.16. The summed E-state index contributed by atoms with van der Waals surface area (Å²) in [5, 5.41) is 5.93. The molecule has 1 saturated heterocycles. The molecule has 0 atom stereocenters. The molecule has 1 aliphatic rings. The zero-order chi connectivity index (χ0) is 20.9. The highest BCUT2D eigenvalue weighted by atomic mass is 35.5. The fourth-order valence-electron chi connectivity index (χ4n) is 3.51. The highest BCUT2D eigenvalue weighted by Gasteiger charge is 2.35. The van der Waals surface area contributed by atoms with Gasteiger partial charge in [-0.25, -0.2) is 0 Å². The summed E-state index contributed by atoms with van der Waals surface area (Å²) in [6.07, 6.45) is 1.52. The molecule has 7 heteroatoms. The highest BCUT2D eigenvalue weighted by molar-refractivity contribution is 6.40. The molecule has 0 aliphatic carbocycles. The fourth-order valence-corrected chi connectivity index (χ4v) is 3.68. The van der Waals surface area contributed by atoms with Crippen LogP contribution < -0.4 is 15.4 Å². The lowest BCUT2D eigenvalue weighted by Gasteiger charge is -2.38. The SMILES string of the molecule is COc1ccc(C2(CNC(=O)C(=O)Nc3cc(Cl)ccc3C)CCOCC2)cc1. The normalized spacial score (nSPS) is 15.4. The Morgan fingerprint density at radius 1 is 1.10 bits per heavy atom. The lowest BCUT2D eigenvalue weighted by atomic mass is 9.74. The van der Waals surface area contributed by atoms with E-state index in [2.05, 4.69) is 10.6 Å². The Hall–Kier alpha value is -2.57. The summed E-state index contributed by atoms with van der Waals surface area (Å²) in [6, 6.07) is 13.0. The van der Waals surface area contributed by atoms with Gasteiger partial charge in [-0.15, -0.1) is 0 Å². The first kappa shape index (κ1) is 21.1. The Bertz CT molecular complexity index is 877. The van der Waals surface area contributed by atoms with E-state index >= 15 is 0 Å². The van der Waals surface area contributed by atoms with Crippen molar-refractivity contribution in [1.29, 1.82) is 0 Å². The second-order valence-electron chi connectivity index (χ2n) is 7.22. The number of ether oxygens (including phenoxy) is 2. The molecule has 0 radical (unpaired) electrons. The fraction of sp³-hybridized carbons (Fsp3) is 0.364. The summed E-state index contributed by atoms with van der Waals surface area (Å²) < 4.78 is 10.8. The third kappa shape index (κ3) is 5.08. The second-order valence-corrected chi connectivity index (χ2v) is 7.65. The molecule has 3 rings (SSSR count). The van der Waals surface area contributed by atoms with Gasteiger partial charge in [0.25, 0.3) is 0 Å². The molecule has 0 spiro atoms. The van der Waals surface area contributed by atoms with E-state index in [-0.39, 0.29) is 5.41 Å². The third-order valence-corrected chi connectivity index (χ3v) is 5.63. The summed E-state index contributed by atoms with van der Waals surface area (Å²) in [5.74, 6) is -0.618. The Labute approximate surface area is 175 Å². The van der Waals surface area contributed by atoms with Crippen LogP contribution in [-0.4, -0.2) is 38.7 Å². The van der Waals surface area contributed by atoms with E-state index in [1.807, 2.05) is 31.2 Å². The lowest BCUT2D eigenvalue weighted by molar-refractivity contribution is -0.136. The minimum atomic E-state index is -0.715. The maximum Gasteiger partial charge on any atom is 0.313 e. The number of carbonyl (C=O) groups is 2. The molecular formula is C22H25ClN2O4. The zero-order valence-electron chi connectivity index (χ0n) is 16.6. The van der Waals surface area contributed by atoms with Crippen LogP contribution in [0.15, 0.2) is 42.5 Å². The molecule has 2 N–H and O–H groups in total. The number of benzene rings is 2. The van der Waals surface area contributed by atoms with Gasteiger partial charge in [0.1, 0.15) is 5.75 Å². The number of hydrogen-bond donors (Lipinski definition) is 2. The molecule has 0 saturated carbocycles. The largest absolute Gasteiger partial charge is 0.497 e. The number of aryl methyl sites for hydroxylation is 1. The molecule has 29 heavy (non-hydrogen) atoms. The van der Waals surface area contributed by atoms with Crippen LogP contribution in [0, 0.1) is 6.92 Å². The molecule has 1 aliphatic heterocycles. The highest BCUT2D eigenvalue weighted by Crippen LogP contribution is 2.35. The lowest BCUT2D eigenvalue weighted by Crippen LogP contribution is -2.47. The number of methoxy groups -OCH3 is 1. The predicted molar refractivity (Wildman–Crippen MR) is 113 cm³/mol. The van der Waals surface area contributed by atoms with Crippen LogP contribution in [0.4, 0.5) is 5.69 Å². The number of carbonyl (C=O) groups excluding carboxylic acids is 2. The number of anilines is 1. The molecule has 1 heterocycles. The molecule has 154 valence electrons. The van der Waals surface area contributed by atoms with Crippen molar-refractivity contribution in [1.82, 2.24) is 5.32 Å². The van der Waals surface area contributed by atoms with E-state index in [1.54, 1.807) is 25.3 Å². The van der Waals surface area contributed by atoms with Gasteiger partial charge in [-0.3, -0.25) is 9.59 Å². The molecule has 2 aromatic carbocycles. The summed E-state index contributed by atoms with van der Waals surface area (Å²) in [4.78, 5) is 24.8. The number of amides is 2. The molecule has 0 unspecified atom stereocenters. The Morgan fingerprint density at radius 2 is 1.79 bits per heavy atom. The number of hydrogen-bond acceptors (Lipinski definition) is 4. The molecule has 6 nitrogen and oxygen atoms in total. The minimum Gasteiger partial charge on any atom is -0.497 e. The van der Waals surface area contributed by atoms with Crippen molar-refractivity contribution >= 4 is 29.1 Å². The van der Waals surface area contributed by atoms with Crippen molar-refractivity contribution in [3.05, 3.63) is 58.6 Å². The van der Waals surface area contributed by atoms with Crippen molar-refractivity contribution < 1.29 is 19.1 Å². The van der Waals surface area contributed by atoms with Crippen LogP contribution in [-0.2, 0) is 19.7 Å². The average molecular weight is 417 g/mol. The Balaban J connectivity index is 1.69. The minimum absolute atomic E-state index is 0.285. The van der Waals surface area contributed by atoms with Gasteiger partial charge in [0.05, 0.1) is 7.11 Å². The Kier molecular flexibility index (Phi) is 6.77. The van der Waals surface area contributed by atoms with E-state index in [1.165, 1.54) is 0 Å². The van der Waals surface area contributed by atoms with Gasteiger partial charge < -0.3 is 20.1 Å². The van der Waals surface area contributed by atoms with Crippen molar-refractivity contribution in [3.8, 4) is 5.75 Å². The molecule has 2 aromatic rings. The standard InChI is InChI=1S/C22H25ClN2O4/c1-15-3-6-17(23)13-19(15)25-21(27)20(26)24-14-22(9-11-29-12-10-22)16-4-7-18(28-2)8-5-16/h3-8,13H,9-12,14H2,1-2H3,(H,24,26)(H,25,27). The van der Waals surface area contributed by atoms with Crippen molar-refractivity contribution in [3.63, 3.8) is 0 Å². The quantitative estimate of drug-likeness (QED) is 0.732. The van der Waals surface area contributed by atoms with Crippen LogP contribution in [0.3, 0.4) is 0 Å². The molecule has 2 amide bonds. The van der Waals surface area contributed by atoms with Gasteiger partial charge >= 0.3 is 11.8 Å². The summed E-state index contributed by atoms with van der Waals surface area (Å²) in [7, 11) is 1.62. The van der Waals surface area contributed by atoms with Gasteiger partial charge in [-0.05, 0) is 55.2 Å². The van der Waals surface area contributed by atoms with E-state index in [4.69, 9.17) is 21.1 Å². The molecular weight excluding hydrogens is 392 g/mol. The second kappa shape index (κ2) is 9.29. The van der Waals surface area contributed by atoms with E-state index in [0.717, 1.165) is 29.7 Å². The first-order chi connectivity index (χ1) is 13.9. The molecule has 1 fully saturated rings. The Morgan fingerprint density at radius 3 is 2.45 bits per heavy atom. The number of nitrogens with one attached hydrogen (secondary N) is 2. The van der Waals surface area contributed by atoms with E-state index < -0.39 is 11.8 Å². The van der Waals surface area contributed by atoms with Gasteiger partial charge in [0.15, 0.2) is 0 Å². The van der Waals surface area contributed by atoms with Crippen LogP contribution in [0.25, 0.3) is 0 Å².